The van der Waals surface area contributed by atoms with E-state index in [1.165, 1.54) is 6.92 Å². The SMILES string of the molecule is Cc1c([N+](=O)[O-])ccc(=O)n1CC(=O)Nc1ccc(Oc2ccccc2)cc1. The highest BCUT2D eigenvalue weighted by molar-refractivity contribution is 5.90. The monoisotopic (exact) mass is 379 g/mol. The zero-order chi connectivity index (χ0) is 20.1. The minimum Gasteiger partial charge on any atom is -0.457 e. The number of benzene rings is 2. The number of aromatic nitrogens is 1. The molecule has 8 nitrogen and oxygen atoms in total. The lowest BCUT2D eigenvalue weighted by molar-refractivity contribution is -0.386. The second kappa shape index (κ2) is 8.17. The summed E-state index contributed by atoms with van der Waals surface area (Å²) in [6, 6.07) is 18.2. The number of anilines is 1. The van der Waals surface area contributed by atoms with Crippen LogP contribution >= 0.6 is 0 Å². The Hall–Kier alpha value is -3.94. The molecular formula is C20H17N3O5. The predicted octanol–water partition coefficient (Wildman–Crippen LogP) is 3.50. The number of carbonyl (C=O) groups is 1. The summed E-state index contributed by atoms with van der Waals surface area (Å²) in [5.41, 5.74) is -0.0551. The van der Waals surface area contributed by atoms with Crippen molar-refractivity contribution < 1.29 is 14.5 Å². The zero-order valence-corrected chi connectivity index (χ0v) is 15.0. The van der Waals surface area contributed by atoms with E-state index in [1.807, 2.05) is 30.3 Å². The second-order valence-electron chi connectivity index (χ2n) is 5.97. The Morgan fingerprint density at radius 1 is 1.04 bits per heavy atom. The number of rotatable bonds is 6. The molecule has 1 heterocycles. The fourth-order valence-corrected chi connectivity index (χ4v) is 2.63. The van der Waals surface area contributed by atoms with Gasteiger partial charge in [0.15, 0.2) is 0 Å². The average molecular weight is 379 g/mol. The quantitative estimate of drug-likeness (QED) is 0.521. The van der Waals surface area contributed by atoms with Crippen LogP contribution in [-0.2, 0) is 11.3 Å². The van der Waals surface area contributed by atoms with Gasteiger partial charge in [0.2, 0.25) is 5.91 Å². The number of pyridine rings is 1. The standard InChI is InChI=1S/C20H17N3O5/c1-14-18(23(26)27)11-12-20(25)22(14)13-19(24)21-15-7-9-17(10-8-15)28-16-5-3-2-4-6-16/h2-12H,13H2,1H3,(H,21,24). The van der Waals surface area contributed by atoms with Crippen LogP contribution in [0.5, 0.6) is 11.5 Å². The van der Waals surface area contributed by atoms with E-state index in [-0.39, 0.29) is 17.9 Å². The molecule has 0 fully saturated rings. The molecule has 0 radical (unpaired) electrons. The maximum Gasteiger partial charge on any atom is 0.288 e. The number of nitrogens with one attached hydrogen (secondary N) is 1. The summed E-state index contributed by atoms with van der Waals surface area (Å²) < 4.78 is 6.75. The van der Waals surface area contributed by atoms with E-state index in [1.54, 1.807) is 24.3 Å². The van der Waals surface area contributed by atoms with Crippen LogP contribution in [0.2, 0.25) is 0 Å². The first kappa shape index (κ1) is 18.8. The molecule has 0 saturated carbocycles. The summed E-state index contributed by atoms with van der Waals surface area (Å²) in [6.07, 6.45) is 0. The zero-order valence-electron chi connectivity index (χ0n) is 15.0. The molecule has 1 N–H and O–H groups in total. The van der Waals surface area contributed by atoms with Gasteiger partial charge < -0.3 is 10.1 Å². The molecule has 28 heavy (non-hydrogen) atoms. The Kier molecular flexibility index (Phi) is 5.50. The molecule has 0 unspecified atom stereocenters. The van der Waals surface area contributed by atoms with Crippen molar-refractivity contribution in [1.82, 2.24) is 4.57 Å². The Morgan fingerprint density at radius 3 is 2.32 bits per heavy atom. The highest BCUT2D eigenvalue weighted by Crippen LogP contribution is 2.22. The summed E-state index contributed by atoms with van der Waals surface area (Å²) in [5.74, 6) is 0.831. The molecule has 0 atom stereocenters. The van der Waals surface area contributed by atoms with Crippen LogP contribution in [0.1, 0.15) is 5.69 Å². The molecule has 0 spiro atoms. The highest BCUT2D eigenvalue weighted by atomic mass is 16.6. The Balaban J connectivity index is 1.68. The fourth-order valence-electron chi connectivity index (χ4n) is 2.63. The third kappa shape index (κ3) is 4.42. The van der Waals surface area contributed by atoms with Crippen molar-refractivity contribution in [3.63, 3.8) is 0 Å². The normalized spacial score (nSPS) is 10.3. The number of nitrogens with zero attached hydrogens (tertiary/aromatic N) is 2. The van der Waals surface area contributed by atoms with Gasteiger partial charge in [0.25, 0.3) is 11.2 Å². The highest BCUT2D eigenvalue weighted by Gasteiger charge is 2.16. The number of amides is 1. The van der Waals surface area contributed by atoms with E-state index < -0.39 is 16.4 Å². The first-order chi connectivity index (χ1) is 13.4. The van der Waals surface area contributed by atoms with E-state index >= 15 is 0 Å². The molecule has 0 saturated heterocycles. The molecule has 3 rings (SSSR count). The summed E-state index contributed by atoms with van der Waals surface area (Å²) in [7, 11) is 0. The van der Waals surface area contributed by atoms with Gasteiger partial charge in [0, 0.05) is 17.8 Å². The van der Waals surface area contributed by atoms with E-state index in [2.05, 4.69) is 5.32 Å². The van der Waals surface area contributed by atoms with Gasteiger partial charge in [-0.1, -0.05) is 18.2 Å². The number of para-hydroxylation sites is 1. The van der Waals surface area contributed by atoms with Crippen LogP contribution in [0.15, 0.2) is 71.5 Å². The molecule has 8 heteroatoms. The van der Waals surface area contributed by atoms with Gasteiger partial charge in [0.1, 0.15) is 18.0 Å². The molecule has 0 aliphatic heterocycles. The molecule has 1 amide bonds. The minimum atomic E-state index is -0.589. The van der Waals surface area contributed by atoms with Crippen molar-refractivity contribution in [3.8, 4) is 11.5 Å². The molecule has 0 aliphatic carbocycles. The smallest absolute Gasteiger partial charge is 0.288 e. The van der Waals surface area contributed by atoms with Gasteiger partial charge in [-0.2, -0.15) is 0 Å². The average Bonchev–Trinajstić information content (AvgIpc) is 2.67. The van der Waals surface area contributed by atoms with Crippen molar-refractivity contribution in [3.05, 3.63) is 92.9 Å². The Bertz CT molecular complexity index is 1060. The lowest BCUT2D eigenvalue weighted by Crippen LogP contribution is -2.29. The number of hydrogen-bond acceptors (Lipinski definition) is 5. The van der Waals surface area contributed by atoms with E-state index in [9.17, 15) is 19.7 Å². The van der Waals surface area contributed by atoms with Gasteiger partial charge in [-0.3, -0.25) is 24.3 Å². The number of ether oxygens (including phenoxy) is 1. The number of carbonyl (C=O) groups excluding carboxylic acids is 1. The van der Waals surface area contributed by atoms with Gasteiger partial charge >= 0.3 is 0 Å². The van der Waals surface area contributed by atoms with Crippen LogP contribution in [0.4, 0.5) is 11.4 Å². The van der Waals surface area contributed by atoms with Crippen molar-refractivity contribution in [1.29, 1.82) is 0 Å². The molecule has 3 aromatic rings. The molecule has 0 aliphatic rings. The fraction of sp³-hybridized carbons (Fsp3) is 0.100. The van der Waals surface area contributed by atoms with Crippen molar-refractivity contribution >= 4 is 17.3 Å². The van der Waals surface area contributed by atoms with Crippen molar-refractivity contribution in [2.24, 2.45) is 0 Å². The maximum absolute atomic E-state index is 12.3. The van der Waals surface area contributed by atoms with Crippen LogP contribution in [0.25, 0.3) is 0 Å². The first-order valence-corrected chi connectivity index (χ1v) is 8.41. The van der Waals surface area contributed by atoms with E-state index in [0.717, 1.165) is 16.7 Å². The first-order valence-electron chi connectivity index (χ1n) is 8.41. The predicted molar refractivity (Wildman–Crippen MR) is 104 cm³/mol. The summed E-state index contributed by atoms with van der Waals surface area (Å²) in [4.78, 5) is 34.7. The van der Waals surface area contributed by atoms with Crippen molar-refractivity contribution in [2.75, 3.05) is 5.32 Å². The van der Waals surface area contributed by atoms with Crippen LogP contribution in [0.3, 0.4) is 0 Å². The lowest BCUT2D eigenvalue weighted by Gasteiger charge is -2.11. The Morgan fingerprint density at radius 2 is 1.68 bits per heavy atom. The lowest BCUT2D eigenvalue weighted by atomic mass is 10.3. The van der Waals surface area contributed by atoms with E-state index in [4.69, 9.17) is 4.74 Å². The topological polar surface area (TPSA) is 103 Å². The Labute approximate surface area is 160 Å². The third-order valence-corrected chi connectivity index (χ3v) is 4.04. The van der Waals surface area contributed by atoms with Crippen molar-refractivity contribution in [2.45, 2.75) is 13.5 Å². The van der Waals surface area contributed by atoms with Crippen LogP contribution in [-0.4, -0.2) is 15.4 Å². The second-order valence-corrected chi connectivity index (χ2v) is 5.97. The molecule has 142 valence electrons. The van der Waals surface area contributed by atoms with Gasteiger partial charge in [-0.25, -0.2) is 0 Å². The maximum atomic E-state index is 12.3. The summed E-state index contributed by atoms with van der Waals surface area (Å²) >= 11 is 0. The molecular weight excluding hydrogens is 362 g/mol. The largest absolute Gasteiger partial charge is 0.457 e. The number of nitro groups is 1. The summed E-state index contributed by atoms with van der Waals surface area (Å²) in [6.45, 7) is 1.11. The molecule has 2 aromatic carbocycles. The van der Waals surface area contributed by atoms with E-state index in [0.29, 0.717) is 17.2 Å². The number of hydrogen-bond donors (Lipinski definition) is 1. The third-order valence-electron chi connectivity index (χ3n) is 4.04. The minimum absolute atomic E-state index is 0.124. The van der Waals surface area contributed by atoms with Gasteiger partial charge in [0.05, 0.1) is 10.6 Å². The summed E-state index contributed by atoms with van der Waals surface area (Å²) in [5, 5.41) is 13.7. The van der Waals surface area contributed by atoms with Crippen LogP contribution < -0.4 is 15.6 Å². The van der Waals surface area contributed by atoms with Gasteiger partial charge in [-0.05, 0) is 43.3 Å². The van der Waals surface area contributed by atoms with Crippen LogP contribution in [0, 0.1) is 17.0 Å². The molecule has 1 aromatic heterocycles. The van der Waals surface area contributed by atoms with Gasteiger partial charge in [-0.15, -0.1) is 0 Å². The molecule has 0 bridgehead atoms.